The maximum absolute atomic E-state index is 9.24. The number of nitrogens with two attached hydrogens (primary N) is 2. The minimum Gasteiger partial charge on any atom is -0.394 e. The molecular weight excluding hydrogens is 248 g/mol. The second-order valence-corrected chi connectivity index (χ2v) is 4.82. The van der Waals surface area contributed by atoms with Crippen LogP contribution in [0.15, 0.2) is 6.33 Å². The molecule has 102 valence electrons. The van der Waals surface area contributed by atoms with E-state index in [4.69, 9.17) is 16.2 Å². The molecule has 0 radical (unpaired) electrons. The Kier molecular flexibility index (Phi) is 2.76. The minimum absolute atomic E-state index is 0.00353. The van der Waals surface area contributed by atoms with Crippen molar-refractivity contribution in [2.45, 2.75) is 25.7 Å². The summed E-state index contributed by atoms with van der Waals surface area (Å²) in [7, 11) is 0. The molecule has 1 fully saturated rings. The monoisotopic (exact) mass is 264 g/mol. The first-order valence-electron chi connectivity index (χ1n) is 6.12. The van der Waals surface area contributed by atoms with Crippen molar-refractivity contribution in [3.8, 4) is 0 Å². The van der Waals surface area contributed by atoms with E-state index in [1.165, 1.54) is 0 Å². The molecule has 0 aromatic carbocycles. The van der Waals surface area contributed by atoms with Crippen LogP contribution in [-0.2, 0) is 4.74 Å². The number of rotatable bonds is 2. The molecule has 8 nitrogen and oxygen atoms in total. The summed E-state index contributed by atoms with van der Waals surface area (Å²) in [6, 6.07) is 0. The third-order valence-corrected chi connectivity index (χ3v) is 3.50. The largest absolute Gasteiger partial charge is 0.394 e. The fourth-order valence-electron chi connectivity index (χ4n) is 2.43. The van der Waals surface area contributed by atoms with Crippen molar-refractivity contribution in [2.24, 2.45) is 5.92 Å². The van der Waals surface area contributed by atoms with Gasteiger partial charge in [-0.3, -0.25) is 4.57 Å². The SMILES string of the molecule is CC1CC(n2cnc3c(N)nc(N)nc32)OC1CO. The molecule has 19 heavy (non-hydrogen) atoms. The van der Waals surface area contributed by atoms with Crippen LogP contribution in [0.25, 0.3) is 11.2 Å². The Balaban J connectivity index is 2.02. The Morgan fingerprint density at radius 3 is 2.95 bits per heavy atom. The van der Waals surface area contributed by atoms with Gasteiger partial charge in [-0.05, 0) is 12.3 Å². The summed E-state index contributed by atoms with van der Waals surface area (Å²) in [6.45, 7) is 2.04. The van der Waals surface area contributed by atoms with Crippen LogP contribution in [0.1, 0.15) is 19.6 Å². The zero-order valence-corrected chi connectivity index (χ0v) is 10.5. The van der Waals surface area contributed by atoms with E-state index in [-0.39, 0.29) is 36.6 Å². The third-order valence-electron chi connectivity index (χ3n) is 3.50. The van der Waals surface area contributed by atoms with Crippen molar-refractivity contribution in [2.75, 3.05) is 18.1 Å². The zero-order valence-electron chi connectivity index (χ0n) is 10.5. The average molecular weight is 264 g/mol. The first-order chi connectivity index (χ1) is 9.10. The number of nitrogen functional groups attached to an aromatic ring is 2. The number of aromatic nitrogens is 4. The fourth-order valence-corrected chi connectivity index (χ4v) is 2.43. The Morgan fingerprint density at radius 1 is 1.47 bits per heavy atom. The van der Waals surface area contributed by atoms with Crippen molar-refractivity contribution in [3.05, 3.63) is 6.33 Å². The smallest absolute Gasteiger partial charge is 0.224 e. The van der Waals surface area contributed by atoms with Crippen LogP contribution in [0.4, 0.5) is 11.8 Å². The summed E-state index contributed by atoms with van der Waals surface area (Å²) < 4.78 is 7.57. The number of ether oxygens (including phenoxy) is 1. The van der Waals surface area contributed by atoms with E-state index in [9.17, 15) is 5.11 Å². The second kappa shape index (κ2) is 4.32. The van der Waals surface area contributed by atoms with Gasteiger partial charge in [0.2, 0.25) is 5.95 Å². The molecule has 0 saturated carbocycles. The molecule has 2 aromatic heterocycles. The van der Waals surface area contributed by atoms with Gasteiger partial charge in [0, 0.05) is 0 Å². The quantitative estimate of drug-likeness (QED) is 0.691. The number of anilines is 2. The lowest BCUT2D eigenvalue weighted by Crippen LogP contribution is -2.18. The van der Waals surface area contributed by atoms with Gasteiger partial charge in [0.05, 0.1) is 19.0 Å². The van der Waals surface area contributed by atoms with Crippen LogP contribution in [0, 0.1) is 5.92 Å². The summed E-state index contributed by atoms with van der Waals surface area (Å²) in [4.78, 5) is 12.2. The maximum atomic E-state index is 9.24. The molecule has 3 rings (SSSR count). The first-order valence-corrected chi connectivity index (χ1v) is 6.12. The number of aliphatic hydroxyl groups is 1. The van der Waals surface area contributed by atoms with Gasteiger partial charge in [0.1, 0.15) is 11.7 Å². The average Bonchev–Trinajstić information content (AvgIpc) is 2.92. The van der Waals surface area contributed by atoms with Crippen LogP contribution in [0.3, 0.4) is 0 Å². The van der Waals surface area contributed by atoms with Gasteiger partial charge in [-0.15, -0.1) is 0 Å². The summed E-state index contributed by atoms with van der Waals surface area (Å²) in [5.74, 6) is 0.631. The molecule has 1 aliphatic rings. The van der Waals surface area contributed by atoms with Gasteiger partial charge in [-0.2, -0.15) is 9.97 Å². The molecule has 3 atom stereocenters. The number of hydrogen-bond donors (Lipinski definition) is 3. The summed E-state index contributed by atoms with van der Waals surface area (Å²) in [6.07, 6.45) is 2.01. The van der Waals surface area contributed by atoms with E-state index in [0.717, 1.165) is 6.42 Å². The van der Waals surface area contributed by atoms with Gasteiger partial charge in [-0.1, -0.05) is 6.92 Å². The molecule has 0 spiro atoms. The van der Waals surface area contributed by atoms with E-state index in [0.29, 0.717) is 11.2 Å². The number of hydrogen-bond acceptors (Lipinski definition) is 7. The highest BCUT2D eigenvalue weighted by molar-refractivity contribution is 5.82. The van der Waals surface area contributed by atoms with Gasteiger partial charge < -0.3 is 21.3 Å². The molecule has 5 N–H and O–H groups in total. The number of aliphatic hydroxyl groups excluding tert-OH is 1. The van der Waals surface area contributed by atoms with E-state index in [2.05, 4.69) is 15.0 Å². The lowest BCUT2D eigenvalue weighted by molar-refractivity contribution is -0.0277. The minimum atomic E-state index is -0.217. The van der Waals surface area contributed by atoms with Crippen molar-refractivity contribution >= 4 is 22.9 Å². The van der Waals surface area contributed by atoms with Gasteiger partial charge in [0.15, 0.2) is 11.5 Å². The molecule has 0 bridgehead atoms. The Morgan fingerprint density at radius 2 is 2.26 bits per heavy atom. The fraction of sp³-hybridized carbons (Fsp3) is 0.545. The van der Waals surface area contributed by atoms with Crippen molar-refractivity contribution in [1.29, 1.82) is 0 Å². The third kappa shape index (κ3) is 1.89. The van der Waals surface area contributed by atoms with Crippen molar-refractivity contribution in [3.63, 3.8) is 0 Å². The molecule has 0 aliphatic carbocycles. The van der Waals surface area contributed by atoms with E-state index in [1.807, 2.05) is 6.92 Å². The van der Waals surface area contributed by atoms with Crippen LogP contribution in [-0.4, -0.2) is 37.3 Å². The van der Waals surface area contributed by atoms with Crippen molar-refractivity contribution in [1.82, 2.24) is 19.5 Å². The molecular formula is C11H16N6O2. The molecule has 1 aliphatic heterocycles. The van der Waals surface area contributed by atoms with Crippen LogP contribution in [0.5, 0.6) is 0 Å². The molecule has 0 amide bonds. The Labute approximate surface area is 109 Å². The highest BCUT2D eigenvalue weighted by atomic mass is 16.5. The van der Waals surface area contributed by atoms with Crippen molar-refractivity contribution < 1.29 is 9.84 Å². The molecule has 3 heterocycles. The van der Waals surface area contributed by atoms with E-state index < -0.39 is 0 Å². The Bertz CT molecular complexity index is 612. The first kappa shape index (κ1) is 12.1. The Hall–Kier alpha value is -1.93. The van der Waals surface area contributed by atoms with E-state index in [1.54, 1.807) is 10.9 Å². The standard InChI is InChI=1S/C11H16N6O2/c1-5-2-7(19-6(5)3-18)17-4-14-8-9(12)15-11(13)16-10(8)17/h4-7,18H,2-3H2,1H3,(H4,12,13,15,16). The normalized spacial score (nSPS) is 27.2. The molecule has 2 aromatic rings. The van der Waals surface area contributed by atoms with Crippen LogP contribution in [0.2, 0.25) is 0 Å². The number of imidazole rings is 1. The second-order valence-electron chi connectivity index (χ2n) is 4.82. The van der Waals surface area contributed by atoms with E-state index >= 15 is 0 Å². The molecule has 8 heteroatoms. The highest BCUT2D eigenvalue weighted by Gasteiger charge is 2.33. The topological polar surface area (TPSA) is 125 Å². The van der Waals surface area contributed by atoms with Crippen LogP contribution < -0.4 is 11.5 Å². The van der Waals surface area contributed by atoms with Crippen LogP contribution >= 0.6 is 0 Å². The van der Waals surface area contributed by atoms with Gasteiger partial charge in [0.25, 0.3) is 0 Å². The number of fused-ring (bicyclic) bond motifs is 1. The maximum Gasteiger partial charge on any atom is 0.224 e. The zero-order chi connectivity index (χ0) is 13.6. The number of nitrogens with zero attached hydrogens (tertiary/aromatic N) is 4. The molecule has 3 unspecified atom stereocenters. The predicted octanol–water partition coefficient (Wildman–Crippen LogP) is -0.0934. The summed E-state index contributed by atoms with van der Waals surface area (Å²) in [5.41, 5.74) is 12.4. The summed E-state index contributed by atoms with van der Waals surface area (Å²) >= 11 is 0. The molecule has 1 saturated heterocycles. The lowest BCUT2D eigenvalue weighted by atomic mass is 10.0. The lowest BCUT2D eigenvalue weighted by Gasteiger charge is -2.14. The summed E-state index contributed by atoms with van der Waals surface area (Å²) in [5, 5.41) is 9.24. The van der Waals surface area contributed by atoms with Gasteiger partial charge >= 0.3 is 0 Å². The van der Waals surface area contributed by atoms with Gasteiger partial charge in [-0.25, -0.2) is 4.98 Å². The predicted molar refractivity (Wildman–Crippen MR) is 68.9 cm³/mol. The highest BCUT2D eigenvalue weighted by Crippen LogP contribution is 2.34.